The van der Waals surface area contributed by atoms with Crippen LogP contribution in [0.4, 0.5) is 5.82 Å². The lowest BCUT2D eigenvalue weighted by molar-refractivity contribution is 0.255. The van der Waals surface area contributed by atoms with Crippen LogP contribution < -0.4 is 5.32 Å². The molecule has 2 aromatic rings. The summed E-state index contributed by atoms with van der Waals surface area (Å²) >= 11 is 0. The quantitative estimate of drug-likeness (QED) is 0.905. The summed E-state index contributed by atoms with van der Waals surface area (Å²) in [5, 5.41) is 3.03. The highest BCUT2D eigenvalue weighted by atomic mass is 32.2. The molecule has 0 amide bonds. The minimum Gasteiger partial charge on any atom is -0.373 e. The molecule has 134 valence electrons. The molecule has 0 saturated carbocycles. The Morgan fingerprint density at radius 2 is 1.80 bits per heavy atom. The Bertz CT molecular complexity index is 847. The van der Waals surface area contributed by atoms with E-state index in [1.54, 1.807) is 16.4 Å². The van der Waals surface area contributed by atoms with Crippen LogP contribution in [-0.4, -0.2) is 31.3 Å². The maximum absolute atomic E-state index is 13.2. The number of piperidine rings is 1. The molecule has 2 heterocycles. The molecule has 0 spiro atoms. The first-order valence-corrected chi connectivity index (χ1v) is 10.1. The first-order chi connectivity index (χ1) is 11.9. The third-order valence-corrected chi connectivity index (χ3v) is 6.75. The van der Waals surface area contributed by atoms with Gasteiger partial charge in [-0.3, -0.25) is 0 Å². The highest BCUT2D eigenvalue weighted by Gasteiger charge is 2.35. The van der Waals surface area contributed by atoms with Gasteiger partial charge in [0, 0.05) is 19.3 Å². The molecule has 0 radical (unpaired) electrons. The molecule has 1 fully saturated rings. The molecular weight excluding hydrogens is 334 g/mol. The Hall–Kier alpha value is -1.92. The van der Waals surface area contributed by atoms with Crippen molar-refractivity contribution in [2.24, 2.45) is 0 Å². The first kappa shape index (κ1) is 17.9. The molecule has 1 unspecified atom stereocenters. The summed E-state index contributed by atoms with van der Waals surface area (Å²) in [6.45, 7) is 4.45. The maximum Gasteiger partial charge on any atom is 0.243 e. The van der Waals surface area contributed by atoms with Crippen molar-refractivity contribution < 1.29 is 8.42 Å². The van der Waals surface area contributed by atoms with Crippen LogP contribution in [0.15, 0.2) is 41.3 Å². The second-order valence-electron chi connectivity index (χ2n) is 6.56. The average molecular weight is 359 g/mol. The average Bonchev–Trinajstić information content (AvgIpc) is 2.62. The standard InChI is InChI=1S/C19H25N3O2S/c1-14-7-9-16(10-8-14)25(23,24)22-13-5-4-6-18(22)17-11-12-19(20-3)21-15(17)2/h7-12,18H,4-6,13H2,1-3H3,(H,20,21). The van der Waals surface area contributed by atoms with Crippen molar-refractivity contribution >= 4 is 15.8 Å². The van der Waals surface area contributed by atoms with Gasteiger partial charge in [-0.1, -0.05) is 30.2 Å². The van der Waals surface area contributed by atoms with Crippen LogP contribution >= 0.6 is 0 Å². The third-order valence-electron chi connectivity index (χ3n) is 4.82. The molecule has 1 N–H and O–H groups in total. The van der Waals surface area contributed by atoms with E-state index in [-0.39, 0.29) is 6.04 Å². The molecule has 6 heteroatoms. The van der Waals surface area contributed by atoms with E-state index in [4.69, 9.17) is 0 Å². The van der Waals surface area contributed by atoms with Crippen LogP contribution in [0, 0.1) is 13.8 Å². The number of sulfonamides is 1. The number of aromatic nitrogens is 1. The summed E-state index contributed by atoms with van der Waals surface area (Å²) in [7, 11) is -1.69. The number of rotatable bonds is 4. The lowest BCUT2D eigenvalue weighted by Gasteiger charge is -2.35. The monoisotopic (exact) mass is 359 g/mol. The van der Waals surface area contributed by atoms with Crippen molar-refractivity contribution in [3.05, 3.63) is 53.2 Å². The number of anilines is 1. The van der Waals surface area contributed by atoms with Crippen molar-refractivity contribution in [2.45, 2.75) is 44.0 Å². The normalized spacial score (nSPS) is 18.9. The highest BCUT2D eigenvalue weighted by molar-refractivity contribution is 7.89. The van der Waals surface area contributed by atoms with Crippen LogP contribution in [0.3, 0.4) is 0 Å². The number of nitrogens with one attached hydrogen (secondary N) is 1. The molecule has 1 aromatic heterocycles. The molecule has 1 aromatic carbocycles. The van der Waals surface area contributed by atoms with Crippen molar-refractivity contribution in [3.8, 4) is 0 Å². The minimum absolute atomic E-state index is 0.154. The van der Waals surface area contributed by atoms with Gasteiger partial charge in [0.25, 0.3) is 0 Å². The van der Waals surface area contributed by atoms with Gasteiger partial charge in [-0.2, -0.15) is 4.31 Å². The van der Waals surface area contributed by atoms with E-state index >= 15 is 0 Å². The van der Waals surface area contributed by atoms with E-state index in [0.717, 1.165) is 41.9 Å². The Morgan fingerprint density at radius 3 is 2.44 bits per heavy atom. The molecule has 1 saturated heterocycles. The summed E-state index contributed by atoms with van der Waals surface area (Å²) in [5.74, 6) is 0.796. The van der Waals surface area contributed by atoms with Crippen LogP contribution in [0.25, 0.3) is 0 Å². The van der Waals surface area contributed by atoms with Gasteiger partial charge in [-0.15, -0.1) is 0 Å². The number of nitrogens with zero attached hydrogens (tertiary/aromatic N) is 2. The molecule has 3 rings (SSSR count). The van der Waals surface area contributed by atoms with E-state index in [2.05, 4.69) is 10.3 Å². The van der Waals surface area contributed by atoms with Gasteiger partial charge in [-0.25, -0.2) is 13.4 Å². The predicted molar refractivity (Wildman–Crippen MR) is 100 cm³/mol. The number of aryl methyl sites for hydroxylation is 2. The van der Waals surface area contributed by atoms with E-state index < -0.39 is 10.0 Å². The summed E-state index contributed by atoms with van der Waals surface area (Å²) in [4.78, 5) is 4.90. The fourth-order valence-corrected chi connectivity index (χ4v) is 5.09. The van der Waals surface area contributed by atoms with Crippen LogP contribution in [0.1, 0.15) is 42.1 Å². The summed E-state index contributed by atoms with van der Waals surface area (Å²) in [6.07, 6.45) is 2.74. The van der Waals surface area contributed by atoms with Crippen LogP contribution in [0.5, 0.6) is 0 Å². The molecule has 25 heavy (non-hydrogen) atoms. The smallest absolute Gasteiger partial charge is 0.243 e. The molecule has 1 aliphatic heterocycles. The van der Waals surface area contributed by atoms with Gasteiger partial charge in [0.2, 0.25) is 10.0 Å². The van der Waals surface area contributed by atoms with Crippen molar-refractivity contribution in [1.29, 1.82) is 0 Å². The second kappa shape index (κ2) is 7.14. The van der Waals surface area contributed by atoms with Crippen molar-refractivity contribution in [2.75, 3.05) is 18.9 Å². The highest BCUT2D eigenvalue weighted by Crippen LogP contribution is 2.36. The summed E-state index contributed by atoms with van der Waals surface area (Å²) in [6, 6.07) is 10.9. The molecule has 5 nitrogen and oxygen atoms in total. The minimum atomic E-state index is -3.52. The molecule has 1 atom stereocenters. The maximum atomic E-state index is 13.2. The fourth-order valence-electron chi connectivity index (χ4n) is 3.41. The third kappa shape index (κ3) is 3.55. The van der Waals surface area contributed by atoms with Gasteiger partial charge < -0.3 is 5.32 Å². The summed E-state index contributed by atoms with van der Waals surface area (Å²) < 4.78 is 28.1. The Balaban J connectivity index is 2.00. The lowest BCUT2D eigenvalue weighted by atomic mass is 9.96. The fraction of sp³-hybridized carbons (Fsp3) is 0.421. The number of pyridine rings is 1. The number of benzene rings is 1. The van der Waals surface area contributed by atoms with Crippen LogP contribution in [-0.2, 0) is 10.0 Å². The van der Waals surface area contributed by atoms with Crippen molar-refractivity contribution in [1.82, 2.24) is 9.29 Å². The van der Waals surface area contributed by atoms with Gasteiger partial charge in [0.05, 0.1) is 10.9 Å². The SMILES string of the molecule is CNc1ccc(C2CCCCN2S(=O)(=O)c2ccc(C)cc2)c(C)n1. The predicted octanol–water partition coefficient (Wildman–Crippen LogP) is 3.66. The van der Waals surface area contributed by atoms with Gasteiger partial charge in [0.15, 0.2) is 0 Å². The zero-order valence-electron chi connectivity index (χ0n) is 15.0. The van der Waals surface area contributed by atoms with Crippen LogP contribution in [0.2, 0.25) is 0 Å². The summed E-state index contributed by atoms with van der Waals surface area (Å²) in [5.41, 5.74) is 2.93. The molecule has 1 aliphatic rings. The number of hydrogen-bond acceptors (Lipinski definition) is 4. The lowest BCUT2D eigenvalue weighted by Crippen LogP contribution is -2.38. The van der Waals surface area contributed by atoms with E-state index in [0.29, 0.717) is 11.4 Å². The molecule has 0 aliphatic carbocycles. The van der Waals surface area contributed by atoms with E-state index in [1.165, 1.54) is 0 Å². The van der Waals surface area contributed by atoms with Gasteiger partial charge in [-0.05, 0) is 50.5 Å². The zero-order chi connectivity index (χ0) is 18.0. The van der Waals surface area contributed by atoms with Crippen molar-refractivity contribution in [3.63, 3.8) is 0 Å². The Labute approximate surface area is 150 Å². The Morgan fingerprint density at radius 1 is 1.08 bits per heavy atom. The molecular formula is C19H25N3O2S. The first-order valence-electron chi connectivity index (χ1n) is 8.67. The van der Waals surface area contributed by atoms with E-state index in [1.807, 2.05) is 45.2 Å². The second-order valence-corrected chi connectivity index (χ2v) is 8.45. The largest absolute Gasteiger partial charge is 0.373 e. The molecule has 0 bridgehead atoms. The Kier molecular flexibility index (Phi) is 5.11. The van der Waals surface area contributed by atoms with Gasteiger partial charge >= 0.3 is 0 Å². The van der Waals surface area contributed by atoms with E-state index in [9.17, 15) is 8.42 Å². The topological polar surface area (TPSA) is 62.3 Å². The van der Waals surface area contributed by atoms with Gasteiger partial charge in [0.1, 0.15) is 5.82 Å². The zero-order valence-corrected chi connectivity index (χ0v) is 15.8. The number of hydrogen-bond donors (Lipinski definition) is 1.